The summed E-state index contributed by atoms with van der Waals surface area (Å²) in [5.74, 6) is 1.12. The van der Waals surface area contributed by atoms with Crippen molar-refractivity contribution in [1.29, 1.82) is 0 Å². The number of ether oxygens (including phenoxy) is 3. The second kappa shape index (κ2) is 24.1. The first-order valence-corrected chi connectivity index (χ1v) is 15.9. The van der Waals surface area contributed by atoms with Gasteiger partial charge >= 0.3 is 12.2 Å². The normalized spacial score (nSPS) is 10.9. The Balaban J connectivity index is 1.48. The first-order valence-electron chi connectivity index (χ1n) is 15.9. The number of rotatable bonds is 25. The summed E-state index contributed by atoms with van der Waals surface area (Å²) in [6, 6.07) is 15.5. The van der Waals surface area contributed by atoms with Crippen molar-refractivity contribution in [3.05, 3.63) is 54.1 Å². The SMILES string of the molecule is CCCCCCCCCCOc1ccc(N=Nc2ccc(OCCCCCCCCCCOC(=O)C=[N+]=[N-])cc2)cc1. The summed E-state index contributed by atoms with van der Waals surface area (Å²) in [5.41, 5.74) is 9.82. The second-order valence-electron chi connectivity index (χ2n) is 10.6. The number of benzene rings is 2. The van der Waals surface area contributed by atoms with Crippen LogP contribution in [-0.2, 0) is 9.53 Å². The van der Waals surface area contributed by atoms with Gasteiger partial charge in [-0.3, -0.25) is 0 Å². The maximum absolute atomic E-state index is 11.0. The third-order valence-electron chi connectivity index (χ3n) is 6.94. The Kier molecular flexibility index (Phi) is 19.9. The predicted octanol–water partition coefficient (Wildman–Crippen LogP) is 9.96. The molecule has 42 heavy (non-hydrogen) atoms. The highest BCUT2D eigenvalue weighted by Crippen LogP contribution is 2.23. The molecule has 0 heterocycles. The molecule has 0 radical (unpaired) electrons. The van der Waals surface area contributed by atoms with Crippen LogP contribution in [0.1, 0.15) is 110 Å². The van der Waals surface area contributed by atoms with E-state index in [2.05, 4.69) is 21.9 Å². The lowest BCUT2D eigenvalue weighted by molar-refractivity contribution is -0.139. The van der Waals surface area contributed by atoms with Crippen molar-refractivity contribution in [2.24, 2.45) is 10.2 Å². The van der Waals surface area contributed by atoms with Crippen molar-refractivity contribution < 1.29 is 23.8 Å². The molecule has 2 aromatic carbocycles. The Morgan fingerprint density at radius 1 is 0.619 bits per heavy atom. The van der Waals surface area contributed by atoms with Crippen molar-refractivity contribution in [1.82, 2.24) is 0 Å². The van der Waals surface area contributed by atoms with Crippen molar-refractivity contribution in [2.75, 3.05) is 19.8 Å². The minimum Gasteiger partial charge on any atom is -0.494 e. The zero-order valence-corrected chi connectivity index (χ0v) is 25.6. The molecule has 0 unspecified atom stereocenters. The molecule has 2 aromatic rings. The van der Waals surface area contributed by atoms with Crippen molar-refractivity contribution in [3.8, 4) is 11.5 Å². The smallest absolute Gasteiger partial charge is 0.413 e. The summed E-state index contributed by atoms with van der Waals surface area (Å²) in [5, 5.41) is 8.68. The van der Waals surface area contributed by atoms with Gasteiger partial charge < -0.3 is 19.7 Å². The fraction of sp³-hybridized carbons (Fsp3) is 0.588. The fourth-order valence-corrected chi connectivity index (χ4v) is 4.47. The quantitative estimate of drug-likeness (QED) is 0.0384. The third kappa shape index (κ3) is 18.0. The lowest BCUT2D eigenvalue weighted by atomic mass is 10.1. The van der Waals surface area contributed by atoms with Crippen LogP contribution >= 0.6 is 0 Å². The average Bonchev–Trinajstić information content (AvgIpc) is 3.01. The van der Waals surface area contributed by atoms with E-state index in [1.165, 1.54) is 64.2 Å². The molecule has 0 bridgehead atoms. The van der Waals surface area contributed by atoms with Gasteiger partial charge in [-0.25, -0.2) is 4.79 Å². The summed E-state index contributed by atoms with van der Waals surface area (Å²) < 4.78 is 16.6. The molecule has 0 spiro atoms. The molecule has 8 nitrogen and oxygen atoms in total. The Labute approximate surface area is 252 Å². The molecule has 0 saturated heterocycles. The maximum Gasteiger partial charge on any atom is 0.413 e. The van der Waals surface area contributed by atoms with Crippen molar-refractivity contribution in [3.63, 3.8) is 0 Å². The van der Waals surface area contributed by atoms with Crippen LogP contribution in [0.15, 0.2) is 58.8 Å². The maximum atomic E-state index is 11.0. The summed E-state index contributed by atoms with van der Waals surface area (Å²) in [7, 11) is 0. The number of azo groups is 1. The van der Waals surface area contributed by atoms with E-state index in [1.807, 2.05) is 48.5 Å². The van der Waals surface area contributed by atoms with Gasteiger partial charge in [0.05, 0.1) is 31.2 Å². The summed E-state index contributed by atoms with van der Waals surface area (Å²) in [6.07, 6.45) is 19.9. The number of carbonyl (C=O) groups is 1. The highest BCUT2D eigenvalue weighted by molar-refractivity contribution is 6.20. The topological polar surface area (TPSA) is 106 Å². The largest absolute Gasteiger partial charge is 0.494 e. The van der Waals surface area contributed by atoms with E-state index in [0.29, 0.717) is 13.2 Å². The third-order valence-corrected chi connectivity index (χ3v) is 6.94. The monoisotopic (exact) mass is 578 g/mol. The molecule has 0 aliphatic carbocycles. The van der Waals surface area contributed by atoms with Gasteiger partial charge in [-0.2, -0.15) is 15.0 Å². The highest BCUT2D eigenvalue weighted by atomic mass is 16.5. The Morgan fingerprint density at radius 3 is 1.40 bits per heavy atom. The van der Waals surface area contributed by atoms with Gasteiger partial charge in [0.25, 0.3) is 0 Å². The molecule has 0 atom stereocenters. The minimum atomic E-state index is -0.604. The van der Waals surface area contributed by atoms with Gasteiger partial charge in [-0.05, 0) is 67.8 Å². The Morgan fingerprint density at radius 2 is 1.00 bits per heavy atom. The van der Waals surface area contributed by atoms with Crippen molar-refractivity contribution in [2.45, 2.75) is 110 Å². The van der Waals surface area contributed by atoms with Crippen LogP contribution in [0.2, 0.25) is 0 Å². The molecule has 230 valence electrons. The van der Waals surface area contributed by atoms with Crippen molar-refractivity contribution >= 4 is 23.6 Å². The fourth-order valence-electron chi connectivity index (χ4n) is 4.47. The van der Waals surface area contributed by atoms with Crippen LogP contribution in [0.3, 0.4) is 0 Å². The van der Waals surface area contributed by atoms with Crippen LogP contribution in [0.5, 0.6) is 11.5 Å². The first kappa shape index (κ1) is 34.7. The van der Waals surface area contributed by atoms with E-state index in [1.54, 1.807) is 0 Å². The van der Waals surface area contributed by atoms with Gasteiger partial charge in [0, 0.05) is 0 Å². The minimum absolute atomic E-state index is 0.370. The van der Waals surface area contributed by atoms with Gasteiger partial charge in [-0.15, -0.1) is 0 Å². The molecule has 0 aromatic heterocycles. The molecule has 0 fully saturated rings. The Bertz CT molecular complexity index is 1030. The van der Waals surface area contributed by atoms with E-state index in [9.17, 15) is 4.79 Å². The van der Waals surface area contributed by atoms with Gasteiger partial charge in [0.2, 0.25) is 0 Å². The van der Waals surface area contributed by atoms with E-state index in [-0.39, 0.29) is 0 Å². The molecule has 0 aliphatic rings. The molecule has 8 heteroatoms. The zero-order valence-electron chi connectivity index (χ0n) is 25.6. The van der Waals surface area contributed by atoms with Gasteiger partial charge in [0.15, 0.2) is 0 Å². The lowest BCUT2D eigenvalue weighted by Crippen LogP contribution is -2.07. The van der Waals surface area contributed by atoms with Crippen LogP contribution < -0.4 is 9.47 Å². The van der Waals surface area contributed by atoms with Crippen LogP contribution in [0.25, 0.3) is 5.53 Å². The number of carbonyl (C=O) groups excluding carboxylic acids is 1. The second-order valence-corrected chi connectivity index (χ2v) is 10.6. The van der Waals surface area contributed by atoms with Gasteiger partial charge in [-0.1, -0.05) is 90.4 Å². The lowest BCUT2D eigenvalue weighted by Gasteiger charge is -2.07. The van der Waals surface area contributed by atoms with Crippen LogP contribution in [0, 0.1) is 0 Å². The average molecular weight is 579 g/mol. The molecular formula is C34H50N4O4. The van der Waals surface area contributed by atoms with Crippen LogP contribution in [0.4, 0.5) is 11.4 Å². The summed E-state index contributed by atoms with van der Waals surface area (Å²) >= 11 is 0. The number of nitrogens with zero attached hydrogens (tertiary/aromatic N) is 4. The molecular weight excluding hydrogens is 528 g/mol. The molecule has 2 rings (SSSR count). The highest BCUT2D eigenvalue weighted by Gasteiger charge is 2.02. The number of hydrogen-bond donors (Lipinski definition) is 0. The zero-order chi connectivity index (χ0) is 29.9. The molecule has 0 N–H and O–H groups in total. The van der Waals surface area contributed by atoms with E-state index in [4.69, 9.17) is 19.7 Å². The molecule has 0 aliphatic heterocycles. The Hall–Kier alpha value is -3.51. The number of esters is 1. The van der Waals surface area contributed by atoms with E-state index < -0.39 is 5.97 Å². The summed E-state index contributed by atoms with van der Waals surface area (Å²) in [4.78, 5) is 13.6. The van der Waals surface area contributed by atoms with Gasteiger partial charge in [0.1, 0.15) is 11.5 Å². The number of unbranched alkanes of at least 4 members (excludes halogenated alkanes) is 14. The molecule has 0 saturated carbocycles. The molecule has 0 amide bonds. The van der Waals surface area contributed by atoms with E-state index in [0.717, 1.165) is 74.2 Å². The van der Waals surface area contributed by atoms with Crippen LogP contribution in [-0.4, -0.2) is 36.8 Å². The summed E-state index contributed by atoms with van der Waals surface area (Å²) in [6.45, 7) is 4.09. The first-order chi connectivity index (χ1) is 20.7. The standard InChI is InChI=1S/C34H50N4O4/c1-2-3-4-5-6-9-12-15-26-40-32-22-18-30(19-23-32)37-38-31-20-24-33(25-21-31)41-27-16-13-10-7-8-11-14-17-28-42-34(39)29-36-35/h18-25,29H,2-17,26-28H2,1H3. The predicted molar refractivity (Wildman–Crippen MR) is 168 cm³/mol. The number of hydrogen-bond acceptors (Lipinski definition) is 6. The van der Waals surface area contributed by atoms with E-state index >= 15 is 0 Å².